The summed E-state index contributed by atoms with van der Waals surface area (Å²) in [5, 5.41) is -0.448. The normalized spacial score (nSPS) is 16.3. The van der Waals surface area contributed by atoms with Gasteiger partial charge in [-0.25, -0.2) is 0 Å². The van der Waals surface area contributed by atoms with Crippen LogP contribution in [0.25, 0.3) is 94.3 Å². The second-order valence-corrected chi connectivity index (χ2v) is 44.4. The van der Waals surface area contributed by atoms with Crippen molar-refractivity contribution in [1.29, 1.82) is 0 Å². The highest BCUT2D eigenvalue weighted by molar-refractivity contribution is 7.00. The maximum absolute atomic E-state index is 11.9. The first-order valence-electron chi connectivity index (χ1n) is 54.2. The molecular formula is C118H132BN3. The van der Waals surface area contributed by atoms with Gasteiger partial charge in [-0.05, 0) is 237 Å². The Labute approximate surface area is 764 Å². The number of benzene rings is 13. The summed E-state index contributed by atoms with van der Waals surface area (Å²) in [6.07, 6.45) is 0. The molecule has 0 bridgehead atoms. The van der Waals surface area contributed by atoms with E-state index in [-0.39, 0.29) is 135 Å². The Bertz CT molecular complexity index is 7690. The van der Waals surface area contributed by atoms with Gasteiger partial charge in [0.25, 0.3) is 6.71 Å². The Morgan fingerprint density at radius 1 is 0.238 bits per heavy atom. The third-order valence-corrected chi connectivity index (χ3v) is 24.5. The fourth-order valence-corrected chi connectivity index (χ4v) is 17.2. The molecule has 16 rings (SSSR count). The summed E-state index contributed by atoms with van der Waals surface area (Å²) < 4.78 is 227. The Morgan fingerprint density at radius 2 is 0.664 bits per heavy atom. The van der Waals surface area contributed by atoms with Gasteiger partial charge in [0.1, 0.15) is 0 Å². The minimum absolute atomic E-state index is 0.0151. The molecule has 0 unspecified atom stereocenters. The van der Waals surface area contributed by atoms with Gasteiger partial charge >= 0.3 is 0 Å². The van der Waals surface area contributed by atoms with Crippen molar-refractivity contribution in [3.8, 4) is 72.4 Å². The van der Waals surface area contributed by atoms with Crippen molar-refractivity contribution >= 4 is 79.0 Å². The molecule has 13 aromatic carbocycles. The summed E-state index contributed by atoms with van der Waals surface area (Å²) in [7, 11) is 0. The van der Waals surface area contributed by atoms with Gasteiger partial charge < -0.3 is 14.4 Å². The third-order valence-electron chi connectivity index (χ3n) is 24.5. The standard InChI is InChI=1S/C118H132BN3/c1-109(2,3)79-49-44-74(45-50-79)91-67-85(115(19,20)21)69-94(88-56-53-82(112(10,11)12)71-97(88)118(28,29)30)107(91)121-102-62-76(73-38-32-31-33-39-73)48-58-98(102)119-99-59-55-87(120-100-42-36-34-40-89(100)90-41-35-37-43-101(90)120)72-103(99)122(105-64-78(63-104(121)106(105)119)77-60-83(113(13,14)15)65-84(61-77)114(16,17)18)108-92(75-46-51-80(52-47-75)110(4,5)6)68-86(116(22,23)24)70-95(108)93-66-81(111(7,8)9)54-57-96(93)117(25,26)27/h31-72H,1-30H3/i31D,32D,33D,34D,35D,36D,37D,38D,39D,40D,41D,42D,43D,46D,47D,51D,52D,54D,57D,66D,68D,70D. The van der Waals surface area contributed by atoms with Gasteiger partial charge in [-0.3, -0.25) is 0 Å². The molecule has 622 valence electrons. The van der Waals surface area contributed by atoms with Crippen molar-refractivity contribution in [3.05, 3.63) is 310 Å². The van der Waals surface area contributed by atoms with Crippen LogP contribution in [0.2, 0.25) is 0 Å². The highest BCUT2D eigenvalue weighted by Crippen LogP contribution is 2.58. The van der Waals surface area contributed by atoms with E-state index in [1.54, 1.807) is 39.0 Å². The van der Waals surface area contributed by atoms with Gasteiger partial charge in [-0.15, -0.1) is 0 Å². The molecule has 1 aromatic heterocycles. The molecule has 2 aliphatic heterocycles. The van der Waals surface area contributed by atoms with Crippen molar-refractivity contribution in [2.75, 3.05) is 9.80 Å². The zero-order valence-corrected chi connectivity index (χ0v) is 77.5. The number of para-hydroxylation sites is 2. The molecule has 122 heavy (non-hydrogen) atoms. The Kier molecular flexibility index (Phi) is 14.9. The van der Waals surface area contributed by atoms with Gasteiger partial charge in [0.15, 0.2) is 0 Å². The van der Waals surface area contributed by atoms with Gasteiger partial charge in [0.05, 0.1) is 52.6 Å². The molecule has 0 atom stereocenters. The molecule has 0 saturated heterocycles. The minimum Gasteiger partial charge on any atom is -0.310 e. The second kappa shape index (κ2) is 29.5. The SMILES string of the molecule is [2H]c1c([2H])c([2H])c(-c2ccc3c(c2)N(c2c(-c4ccc(C(C)(C)C)cc4)cc(C(C)(C)C)cc2-c2ccc(C(C)(C)C)cc2C(C)(C)C)c2cc(-c4cc(C(C)(C)C)cc(C(C)(C)C)c4)cc4c2B3c2ccc(-n3c5c([2H])c([2H])c([2H])c([2H])c5c5c([2H])c([2H])c([2H])c([2H])c53)cc2N4c2c(-c3c([2H])c([2H])c(C(C)(C)C)c([2H])c3[2H])c([2H])c(C(C)(C)C)c([2H])c2-c2c([2H])c(C(C)(C)C)c([2H])c([2H])c2C(C)(C)C)c([2H])c1[2H]. The summed E-state index contributed by atoms with van der Waals surface area (Å²) in [6, 6.07) is 30.4. The molecule has 0 aliphatic carbocycles. The lowest BCUT2D eigenvalue weighted by Gasteiger charge is -2.46. The molecule has 3 nitrogen and oxygen atoms in total. The lowest BCUT2D eigenvalue weighted by Crippen LogP contribution is -2.61. The van der Waals surface area contributed by atoms with E-state index in [4.69, 9.17) is 1.37 Å². The number of aromatic nitrogens is 1. The maximum Gasteiger partial charge on any atom is 0.252 e. The van der Waals surface area contributed by atoms with Crippen LogP contribution in [-0.2, 0) is 54.1 Å². The number of hydrogen-bond acceptors (Lipinski definition) is 2. The number of anilines is 6. The van der Waals surface area contributed by atoms with Crippen LogP contribution in [0.15, 0.2) is 254 Å². The van der Waals surface area contributed by atoms with E-state index >= 15 is 0 Å². The van der Waals surface area contributed by atoms with Crippen molar-refractivity contribution in [1.82, 2.24) is 4.57 Å². The minimum atomic E-state index is -1.27. The first kappa shape index (κ1) is 61.6. The number of rotatable bonds is 9. The van der Waals surface area contributed by atoms with Crippen molar-refractivity contribution in [2.24, 2.45) is 0 Å². The molecule has 0 N–H and O–H groups in total. The van der Waals surface area contributed by atoms with Crippen LogP contribution in [-0.4, -0.2) is 11.3 Å². The van der Waals surface area contributed by atoms with Crippen LogP contribution in [0.1, 0.15) is 294 Å². The van der Waals surface area contributed by atoms with Gasteiger partial charge in [0, 0.05) is 61.5 Å². The predicted molar refractivity (Wildman–Crippen MR) is 534 cm³/mol. The average molecular weight is 1630 g/mol. The fourth-order valence-electron chi connectivity index (χ4n) is 17.2. The quantitative estimate of drug-likeness (QED) is 0.133. The molecule has 0 spiro atoms. The van der Waals surface area contributed by atoms with Crippen LogP contribution in [0.3, 0.4) is 0 Å². The van der Waals surface area contributed by atoms with E-state index in [1.807, 2.05) is 85.4 Å². The molecule has 0 radical (unpaired) electrons. The molecule has 4 heteroatoms. The lowest BCUT2D eigenvalue weighted by atomic mass is 9.33. The van der Waals surface area contributed by atoms with Crippen LogP contribution < -0.4 is 26.2 Å². The van der Waals surface area contributed by atoms with Crippen molar-refractivity contribution < 1.29 is 30.2 Å². The number of nitrogens with zero attached hydrogens (tertiary/aromatic N) is 3. The van der Waals surface area contributed by atoms with Gasteiger partial charge in [0.2, 0.25) is 0 Å². The fraction of sp³-hybridized carbons (Fsp3) is 0.339. The zero-order chi connectivity index (χ0) is 107. The molecular weight excluding hydrogens is 1470 g/mol. The highest BCUT2D eigenvalue weighted by Gasteiger charge is 2.47. The van der Waals surface area contributed by atoms with E-state index in [0.717, 1.165) is 55.6 Å². The molecule has 2 aliphatic rings. The first-order valence-corrected chi connectivity index (χ1v) is 43.2. The summed E-state index contributed by atoms with van der Waals surface area (Å²) >= 11 is 0. The zero-order valence-electron chi connectivity index (χ0n) is 99.5. The van der Waals surface area contributed by atoms with E-state index in [1.165, 1.54) is 4.57 Å². The monoisotopic (exact) mass is 1620 g/mol. The summed E-state index contributed by atoms with van der Waals surface area (Å²) in [5.74, 6) is 0. The predicted octanol–water partition coefficient (Wildman–Crippen LogP) is 31.8. The van der Waals surface area contributed by atoms with E-state index in [9.17, 15) is 28.8 Å². The molecule has 0 saturated carbocycles. The Morgan fingerprint density at radius 3 is 1.19 bits per heavy atom. The topological polar surface area (TPSA) is 11.4 Å². The number of fused-ring (bicyclic) bond motifs is 7. The average Bonchev–Trinajstić information content (AvgIpc) is 1.01. The van der Waals surface area contributed by atoms with Crippen LogP contribution in [0.4, 0.5) is 34.1 Å². The van der Waals surface area contributed by atoms with Crippen molar-refractivity contribution in [3.63, 3.8) is 0 Å². The van der Waals surface area contributed by atoms with Crippen LogP contribution >= 0.6 is 0 Å². The smallest absolute Gasteiger partial charge is 0.252 e. The Hall–Kier alpha value is -10.7. The van der Waals surface area contributed by atoms with Gasteiger partial charge in [-0.1, -0.05) is 395 Å². The molecule has 0 fully saturated rings. The largest absolute Gasteiger partial charge is 0.310 e. The van der Waals surface area contributed by atoms with Crippen LogP contribution in [0, 0.1) is 0 Å². The van der Waals surface area contributed by atoms with Crippen LogP contribution in [0.5, 0.6) is 0 Å². The van der Waals surface area contributed by atoms with E-state index in [2.05, 4.69) is 214 Å². The van der Waals surface area contributed by atoms with E-state index < -0.39 is 159 Å². The molecule has 0 amide bonds. The first-order chi connectivity index (χ1) is 66.0. The van der Waals surface area contributed by atoms with Gasteiger partial charge in [-0.2, -0.15) is 0 Å². The molecule has 14 aromatic rings. The Balaban J connectivity index is 1.30. The maximum atomic E-state index is 11.9. The highest BCUT2D eigenvalue weighted by atomic mass is 15.2. The number of hydrogen-bond donors (Lipinski definition) is 0. The lowest BCUT2D eigenvalue weighted by molar-refractivity contribution is 0.568. The molecule has 3 heterocycles. The second-order valence-electron chi connectivity index (χ2n) is 44.4. The summed E-state index contributed by atoms with van der Waals surface area (Å²) in [4.78, 5) is 4.15. The summed E-state index contributed by atoms with van der Waals surface area (Å²) in [6.45, 7) is 60.2. The van der Waals surface area contributed by atoms with E-state index in [0.29, 0.717) is 44.6 Å². The third kappa shape index (κ3) is 15.5. The summed E-state index contributed by atoms with van der Waals surface area (Å²) in [5.41, 5.74) is 5.43. The van der Waals surface area contributed by atoms with Crippen molar-refractivity contribution in [2.45, 2.75) is 262 Å².